The van der Waals surface area contributed by atoms with Gasteiger partial charge < -0.3 is 9.15 Å². The molecule has 0 unspecified atom stereocenters. The number of fused-ring (bicyclic) bond motifs is 1. The van der Waals surface area contributed by atoms with Crippen LogP contribution < -0.4 is 4.74 Å². The molecule has 0 saturated carbocycles. The SMILES string of the molecule is Cc1ccc(COc2ccc(/C=C/c3nc4ccccc4o3)cc2)cc1. The lowest BCUT2D eigenvalue weighted by Gasteiger charge is -2.06. The minimum atomic E-state index is 0.568. The molecule has 1 aromatic heterocycles. The van der Waals surface area contributed by atoms with E-state index >= 15 is 0 Å². The molecular formula is C23H19NO2. The van der Waals surface area contributed by atoms with Crippen molar-refractivity contribution in [2.75, 3.05) is 0 Å². The summed E-state index contributed by atoms with van der Waals surface area (Å²) in [5.41, 5.74) is 5.15. The molecule has 4 rings (SSSR count). The minimum absolute atomic E-state index is 0.568. The summed E-state index contributed by atoms with van der Waals surface area (Å²) in [7, 11) is 0. The van der Waals surface area contributed by atoms with Gasteiger partial charge in [-0.15, -0.1) is 0 Å². The van der Waals surface area contributed by atoms with Crippen molar-refractivity contribution in [1.82, 2.24) is 4.98 Å². The molecular weight excluding hydrogens is 322 g/mol. The number of benzene rings is 3. The zero-order chi connectivity index (χ0) is 17.8. The number of hydrogen-bond acceptors (Lipinski definition) is 3. The first-order chi connectivity index (χ1) is 12.8. The van der Waals surface area contributed by atoms with Crippen molar-refractivity contribution in [3.05, 3.63) is 95.4 Å². The van der Waals surface area contributed by atoms with E-state index < -0.39 is 0 Å². The fourth-order valence-corrected chi connectivity index (χ4v) is 2.65. The van der Waals surface area contributed by atoms with Crippen molar-refractivity contribution in [1.29, 1.82) is 0 Å². The molecule has 0 aliphatic heterocycles. The molecule has 0 atom stereocenters. The van der Waals surface area contributed by atoms with E-state index in [9.17, 15) is 0 Å². The van der Waals surface area contributed by atoms with E-state index in [2.05, 4.69) is 36.2 Å². The van der Waals surface area contributed by atoms with Crippen LogP contribution in [0, 0.1) is 6.92 Å². The molecule has 0 radical (unpaired) electrons. The zero-order valence-corrected chi connectivity index (χ0v) is 14.6. The van der Waals surface area contributed by atoms with Crippen molar-refractivity contribution < 1.29 is 9.15 Å². The topological polar surface area (TPSA) is 35.3 Å². The van der Waals surface area contributed by atoms with Gasteiger partial charge in [0, 0.05) is 6.08 Å². The number of para-hydroxylation sites is 2. The molecule has 0 spiro atoms. The van der Waals surface area contributed by atoms with Gasteiger partial charge in [0.2, 0.25) is 5.89 Å². The summed E-state index contributed by atoms with van der Waals surface area (Å²) in [4.78, 5) is 4.44. The smallest absolute Gasteiger partial charge is 0.220 e. The molecule has 0 bridgehead atoms. The number of nitrogens with zero attached hydrogens (tertiary/aromatic N) is 1. The first-order valence-corrected chi connectivity index (χ1v) is 8.58. The molecule has 1 heterocycles. The van der Waals surface area contributed by atoms with E-state index in [-0.39, 0.29) is 0 Å². The van der Waals surface area contributed by atoms with Gasteiger partial charge in [-0.25, -0.2) is 4.98 Å². The Kier molecular flexibility index (Phi) is 4.52. The van der Waals surface area contributed by atoms with Crippen LogP contribution in [0.4, 0.5) is 0 Å². The third kappa shape index (κ3) is 3.83. The predicted molar refractivity (Wildman–Crippen MR) is 105 cm³/mol. The van der Waals surface area contributed by atoms with E-state index in [0.717, 1.165) is 28.0 Å². The fourth-order valence-electron chi connectivity index (χ4n) is 2.65. The molecule has 0 N–H and O–H groups in total. The van der Waals surface area contributed by atoms with Crippen molar-refractivity contribution in [3.63, 3.8) is 0 Å². The largest absolute Gasteiger partial charge is 0.489 e. The molecule has 0 saturated heterocycles. The Bertz CT molecular complexity index is 995. The number of aromatic nitrogens is 1. The van der Waals surface area contributed by atoms with E-state index in [1.165, 1.54) is 5.56 Å². The van der Waals surface area contributed by atoms with Gasteiger partial charge in [0.25, 0.3) is 0 Å². The molecule has 128 valence electrons. The Labute approximate surface area is 152 Å². The van der Waals surface area contributed by atoms with Gasteiger partial charge in [0.15, 0.2) is 5.58 Å². The molecule has 26 heavy (non-hydrogen) atoms. The Morgan fingerprint density at radius 1 is 0.885 bits per heavy atom. The van der Waals surface area contributed by atoms with Crippen molar-refractivity contribution >= 4 is 23.3 Å². The number of rotatable bonds is 5. The lowest BCUT2D eigenvalue weighted by molar-refractivity contribution is 0.306. The Balaban J connectivity index is 1.39. The maximum absolute atomic E-state index is 5.83. The lowest BCUT2D eigenvalue weighted by Crippen LogP contribution is -1.95. The third-order valence-corrected chi connectivity index (χ3v) is 4.13. The van der Waals surface area contributed by atoms with Crippen LogP contribution in [-0.2, 0) is 6.61 Å². The van der Waals surface area contributed by atoms with Crippen molar-refractivity contribution in [3.8, 4) is 5.75 Å². The number of ether oxygens (including phenoxy) is 1. The van der Waals surface area contributed by atoms with Crippen molar-refractivity contribution in [2.45, 2.75) is 13.5 Å². The first kappa shape index (κ1) is 16.2. The average Bonchev–Trinajstić information content (AvgIpc) is 3.10. The van der Waals surface area contributed by atoms with Gasteiger partial charge >= 0.3 is 0 Å². The Morgan fingerprint density at radius 3 is 2.42 bits per heavy atom. The highest BCUT2D eigenvalue weighted by Gasteiger charge is 2.01. The summed E-state index contributed by atoms with van der Waals surface area (Å²) in [6.45, 7) is 2.65. The van der Waals surface area contributed by atoms with Crippen LogP contribution in [0.15, 0.2) is 77.2 Å². The van der Waals surface area contributed by atoms with Crippen LogP contribution in [-0.4, -0.2) is 4.98 Å². The average molecular weight is 341 g/mol. The van der Waals surface area contributed by atoms with E-state index in [0.29, 0.717) is 12.5 Å². The highest BCUT2D eigenvalue weighted by atomic mass is 16.5. The van der Waals surface area contributed by atoms with Gasteiger partial charge in [-0.2, -0.15) is 0 Å². The summed E-state index contributed by atoms with van der Waals surface area (Å²) in [6.07, 6.45) is 3.86. The van der Waals surface area contributed by atoms with Crippen LogP contribution in [0.25, 0.3) is 23.3 Å². The van der Waals surface area contributed by atoms with Crippen LogP contribution in [0.3, 0.4) is 0 Å². The van der Waals surface area contributed by atoms with Gasteiger partial charge in [-0.3, -0.25) is 0 Å². The van der Waals surface area contributed by atoms with Crippen molar-refractivity contribution in [2.24, 2.45) is 0 Å². The van der Waals surface area contributed by atoms with Crippen LogP contribution in [0.5, 0.6) is 5.75 Å². The summed E-state index contributed by atoms with van der Waals surface area (Å²) in [6, 6.07) is 24.1. The predicted octanol–water partition coefficient (Wildman–Crippen LogP) is 5.89. The summed E-state index contributed by atoms with van der Waals surface area (Å²) in [5.74, 6) is 1.45. The number of oxazole rings is 1. The van der Waals surface area contributed by atoms with E-state index in [4.69, 9.17) is 9.15 Å². The fraction of sp³-hybridized carbons (Fsp3) is 0.0870. The quantitative estimate of drug-likeness (QED) is 0.454. The first-order valence-electron chi connectivity index (χ1n) is 8.58. The lowest BCUT2D eigenvalue weighted by atomic mass is 10.2. The normalized spacial score (nSPS) is 11.3. The molecule has 0 aliphatic rings. The maximum Gasteiger partial charge on any atom is 0.220 e. The van der Waals surface area contributed by atoms with Crippen LogP contribution >= 0.6 is 0 Å². The molecule has 3 heteroatoms. The van der Waals surface area contributed by atoms with Crippen LogP contribution in [0.2, 0.25) is 0 Å². The van der Waals surface area contributed by atoms with Gasteiger partial charge in [0.05, 0.1) is 0 Å². The number of hydrogen-bond donors (Lipinski definition) is 0. The van der Waals surface area contributed by atoms with Gasteiger partial charge in [-0.1, -0.05) is 54.1 Å². The van der Waals surface area contributed by atoms with E-state index in [1.54, 1.807) is 0 Å². The van der Waals surface area contributed by atoms with E-state index in [1.807, 2.05) is 60.7 Å². The summed E-state index contributed by atoms with van der Waals surface area (Å²) < 4.78 is 11.5. The van der Waals surface area contributed by atoms with Crippen LogP contribution in [0.1, 0.15) is 22.6 Å². The summed E-state index contributed by atoms with van der Waals surface area (Å²) >= 11 is 0. The van der Waals surface area contributed by atoms with Gasteiger partial charge in [0.1, 0.15) is 17.9 Å². The molecule has 0 fully saturated rings. The second kappa shape index (κ2) is 7.28. The number of aryl methyl sites for hydroxylation is 1. The monoisotopic (exact) mass is 341 g/mol. The maximum atomic E-state index is 5.83. The van der Waals surface area contributed by atoms with Gasteiger partial charge in [-0.05, 0) is 48.4 Å². The Hall–Kier alpha value is -3.33. The Morgan fingerprint density at radius 2 is 1.65 bits per heavy atom. The second-order valence-corrected chi connectivity index (χ2v) is 6.20. The second-order valence-electron chi connectivity index (χ2n) is 6.20. The standard InChI is InChI=1S/C23H19NO2/c1-17-6-8-19(9-7-17)16-25-20-13-10-18(11-14-20)12-15-23-24-21-4-2-3-5-22(21)26-23/h2-15H,16H2,1H3/b15-12+. The molecule has 3 nitrogen and oxygen atoms in total. The third-order valence-electron chi connectivity index (χ3n) is 4.13. The summed E-state index contributed by atoms with van der Waals surface area (Å²) in [5, 5.41) is 0. The molecule has 0 amide bonds. The highest BCUT2D eigenvalue weighted by Crippen LogP contribution is 2.18. The molecule has 3 aromatic carbocycles. The molecule has 0 aliphatic carbocycles. The zero-order valence-electron chi connectivity index (χ0n) is 14.6. The molecule has 4 aromatic rings. The minimum Gasteiger partial charge on any atom is -0.489 e. The highest BCUT2D eigenvalue weighted by molar-refractivity contribution is 5.75.